The molecule has 0 aliphatic heterocycles. The number of aliphatic carboxylic acids is 1. The number of amides is 1. The molecule has 1 rings (SSSR count). The minimum Gasteiger partial charge on any atom is -0.481 e. The molecule has 1 amide bonds. The van der Waals surface area contributed by atoms with Gasteiger partial charge >= 0.3 is 5.97 Å². The van der Waals surface area contributed by atoms with Gasteiger partial charge in [0.15, 0.2) is 0 Å². The minimum atomic E-state index is -0.970. The highest BCUT2D eigenvalue weighted by molar-refractivity contribution is 6.43. The maximum absolute atomic E-state index is 12.2. The summed E-state index contributed by atoms with van der Waals surface area (Å²) in [7, 11) is 0. The second kappa shape index (κ2) is 6.46. The van der Waals surface area contributed by atoms with Crippen LogP contribution >= 0.6 is 23.2 Å². The fraction of sp³-hybridized carbons (Fsp3) is 0.429. The molecule has 6 heteroatoms. The van der Waals surface area contributed by atoms with Crippen LogP contribution in [0.3, 0.4) is 0 Å². The normalized spacial score (nSPS) is 12.8. The smallest absolute Gasteiger partial charge is 0.305 e. The monoisotopic (exact) mass is 317 g/mol. The number of hydrogen-bond acceptors (Lipinski definition) is 2. The Balaban J connectivity index is 2.96. The summed E-state index contributed by atoms with van der Waals surface area (Å²) in [5.74, 6) is -1.40. The summed E-state index contributed by atoms with van der Waals surface area (Å²) < 4.78 is 0. The van der Waals surface area contributed by atoms with E-state index in [-0.39, 0.29) is 27.4 Å². The maximum Gasteiger partial charge on any atom is 0.305 e. The lowest BCUT2D eigenvalue weighted by molar-refractivity contribution is -0.138. The average Bonchev–Trinajstić information content (AvgIpc) is 2.30. The Hall–Kier alpha value is -1.26. The topological polar surface area (TPSA) is 66.4 Å². The van der Waals surface area contributed by atoms with E-state index in [0.717, 1.165) is 0 Å². The Morgan fingerprint density at radius 3 is 2.40 bits per heavy atom. The van der Waals surface area contributed by atoms with Gasteiger partial charge in [0.1, 0.15) is 0 Å². The van der Waals surface area contributed by atoms with Crippen LogP contribution in [0.2, 0.25) is 10.0 Å². The van der Waals surface area contributed by atoms with E-state index >= 15 is 0 Å². The third kappa shape index (κ3) is 4.39. The zero-order valence-electron chi connectivity index (χ0n) is 11.5. The molecule has 0 spiro atoms. The molecule has 1 aromatic carbocycles. The molecule has 0 bridgehead atoms. The van der Waals surface area contributed by atoms with E-state index in [0.29, 0.717) is 0 Å². The first-order valence-corrected chi connectivity index (χ1v) is 6.85. The van der Waals surface area contributed by atoms with E-state index in [1.165, 1.54) is 0 Å². The second-order valence-corrected chi connectivity index (χ2v) is 6.38. The Bertz CT molecular complexity index is 524. The van der Waals surface area contributed by atoms with E-state index in [9.17, 15) is 9.59 Å². The van der Waals surface area contributed by atoms with Crippen LogP contribution in [0.1, 0.15) is 37.6 Å². The highest BCUT2D eigenvalue weighted by Gasteiger charge is 2.29. The van der Waals surface area contributed by atoms with E-state index in [1.54, 1.807) is 18.2 Å². The van der Waals surface area contributed by atoms with Gasteiger partial charge in [0.25, 0.3) is 5.91 Å². The Morgan fingerprint density at radius 2 is 1.90 bits per heavy atom. The standard InChI is InChI=1S/C14H17Cl2NO3/c1-14(2,3)10(7-11(18)19)17-13(20)8-5-4-6-9(15)12(8)16/h4-6,10H,7H2,1-3H3,(H,17,20)(H,18,19). The third-order valence-electron chi connectivity index (χ3n) is 2.93. The van der Waals surface area contributed by atoms with Crippen molar-refractivity contribution >= 4 is 35.1 Å². The molecule has 1 aromatic rings. The van der Waals surface area contributed by atoms with Crippen molar-refractivity contribution in [3.8, 4) is 0 Å². The van der Waals surface area contributed by atoms with Crippen molar-refractivity contribution in [2.75, 3.05) is 0 Å². The molecular weight excluding hydrogens is 301 g/mol. The average molecular weight is 318 g/mol. The van der Waals surface area contributed by atoms with Gasteiger partial charge in [0.2, 0.25) is 0 Å². The van der Waals surface area contributed by atoms with Gasteiger partial charge in [-0.05, 0) is 17.5 Å². The minimum absolute atomic E-state index is 0.159. The number of carbonyl (C=O) groups is 2. The van der Waals surface area contributed by atoms with Crippen molar-refractivity contribution < 1.29 is 14.7 Å². The van der Waals surface area contributed by atoms with Gasteiger partial charge in [-0.25, -0.2) is 0 Å². The zero-order valence-corrected chi connectivity index (χ0v) is 13.0. The van der Waals surface area contributed by atoms with Crippen molar-refractivity contribution in [2.45, 2.75) is 33.2 Å². The van der Waals surface area contributed by atoms with Gasteiger partial charge in [-0.3, -0.25) is 9.59 Å². The largest absolute Gasteiger partial charge is 0.481 e. The van der Waals surface area contributed by atoms with Gasteiger partial charge in [0, 0.05) is 6.04 Å². The summed E-state index contributed by atoms with van der Waals surface area (Å²) in [6.45, 7) is 5.58. The van der Waals surface area contributed by atoms with Crippen molar-refractivity contribution in [3.63, 3.8) is 0 Å². The molecule has 4 nitrogen and oxygen atoms in total. The molecule has 0 aliphatic rings. The van der Waals surface area contributed by atoms with Crippen LogP contribution in [0.5, 0.6) is 0 Å². The van der Waals surface area contributed by atoms with Crippen LogP contribution in [-0.2, 0) is 4.79 Å². The molecule has 0 aliphatic carbocycles. The van der Waals surface area contributed by atoms with E-state index in [4.69, 9.17) is 28.3 Å². The summed E-state index contributed by atoms with van der Waals surface area (Å²) in [6.07, 6.45) is -0.159. The predicted molar refractivity (Wildman–Crippen MR) is 79.4 cm³/mol. The summed E-state index contributed by atoms with van der Waals surface area (Å²) in [4.78, 5) is 23.1. The summed E-state index contributed by atoms with van der Waals surface area (Å²) in [5, 5.41) is 12.1. The third-order valence-corrected chi connectivity index (χ3v) is 3.74. The molecule has 0 fully saturated rings. The van der Waals surface area contributed by atoms with Gasteiger partial charge in [0.05, 0.1) is 22.0 Å². The molecule has 20 heavy (non-hydrogen) atoms. The number of nitrogens with one attached hydrogen (secondary N) is 1. The number of carboxylic acids is 1. The molecule has 1 unspecified atom stereocenters. The SMILES string of the molecule is CC(C)(C)C(CC(=O)O)NC(=O)c1cccc(Cl)c1Cl. The molecule has 2 N–H and O–H groups in total. The number of benzene rings is 1. The van der Waals surface area contributed by atoms with Crippen molar-refractivity contribution in [1.82, 2.24) is 5.32 Å². The first kappa shape index (κ1) is 16.8. The van der Waals surface area contributed by atoms with E-state index in [1.807, 2.05) is 20.8 Å². The highest BCUT2D eigenvalue weighted by Crippen LogP contribution is 2.27. The number of halogens is 2. The fourth-order valence-corrected chi connectivity index (χ4v) is 2.05. The quantitative estimate of drug-likeness (QED) is 0.891. The molecule has 0 aromatic heterocycles. The van der Waals surface area contributed by atoms with Gasteiger partial charge in [-0.2, -0.15) is 0 Å². The maximum atomic E-state index is 12.2. The second-order valence-electron chi connectivity index (χ2n) is 5.59. The molecule has 0 saturated heterocycles. The van der Waals surface area contributed by atoms with Crippen molar-refractivity contribution in [3.05, 3.63) is 33.8 Å². The van der Waals surface area contributed by atoms with Gasteiger partial charge < -0.3 is 10.4 Å². The van der Waals surface area contributed by atoms with Crippen LogP contribution in [0.4, 0.5) is 0 Å². The first-order valence-electron chi connectivity index (χ1n) is 6.09. The first-order chi connectivity index (χ1) is 9.12. The lowest BCUT2D eigenvalue weighted by Gasteiger charge is -2.30. The molecule has 110 valence electrons. The van der Waals surface area contributed by atoms with Gasteiger partial charge in [-0.1, -0.05) is 50.0 Å². The molecule has 0 radical (unpaired) electrons. The number of hydrogen-bond donors (Lipinski definition) is 2. The van der Waals surface area contributed by atoms with Crippen LogP contribution in [-0.4, -0.2) is 23.0 Å². The van der Waals surface area contributed by atoms with Crippen LogP contribution in [0.15, 0.2) is 18.2 Å². The van der Waals surface area contributed by atoms with E-state index < -0.39 is 17.9 Å². The summed E-state index contributed by atoms with van der Waals surface area (Å²) in [5.41, 5.74) is -0.155. The Morgan fingerprint density at radius 1 is 1.30 bits per heavy atom. The number of carbonyl (C=O) groups excluding carboxylic acids is 1. The molecule has 1 atom stereocenters. The Labute approximate surface area is 128 Å². The van der Waals surface area contributed by atoms with Crippen LogP contribution in [0, 0.1) is 5.41 Å². The number of carboxylic acid groups (broad SMARTS) is 1. The lowest BCUT2D eigenvalue weighted by atomic mass is 9.84. The molecule has 0 heterocycles. The molecular formula is C14H17Cl2NO3. The highest BCUT2D eigenvalue weighted by atomic mass is 35.5. The van der Waals surface area contributed by atoms with Crippen LogP contribution < -0.4 is 5.32 Å². The summed E-state index contributed by atoms with van der Waals surface area (Å²) >= 11 is 11.8. The summed E-state index contributed by atoms with van der Waals surface area (Å²) in [6, 6.07) is 4.23. The fourth-order valence-electron chi connectivity index (χ4n) is 1.66. The lowest BCUT2D eigenvalue weighted by Crippen LogP contribution is -2.45. The van der Waals surface area contributed by atoms with Crippen molar-refractivity contribution in [1.29, 1.82) is 0 Å². The van der Waals surface area contributed by atoms with Crippen LogP contribution in [0.25, 0.3) is 0 Å². The predicted octanol–water partition coefficient (Wildman–Crippen LogP) is 3.61. The van der Waals surface area contributed by atoms with Gasteiger partial charge in [-0.15, -0.1) is 0 Å². The van der Waals surface area contributed by atoms with E-state index in [2.05, 4.69) is 5.32 Å². The number of rotatable bonds is 4. The van der Waals surface area contributed by atoms with Crippen molar-refractivity contribution in [2.24, 2.45) is 5.41 Å². The molecule has 0 saturated carbocycles. The zero-order chi connectivity index (χ0) is 15.5. The Kier molecular flexibility index (Phi) is 5.42.